The van der Waals surface area contributed by atoms with Crippen LogP contribution in [0.2, 0.25) is 0 Å². The fourth-order valence-corrected chi connectivity index (χ4v) is 4.06. The fraction of sp³-hybridized carbons (Fsp3) is 0.727. The van der Waals surface area contributed by atoms with Crippen molar-refractivity contribution in [2.75, 3.05) is 6.61 Å². The highest BCUT2D eigenvalue weighted by Crippen LogP contribution is 2.38. The molecule has 2 aliphatic rings. The fourth-order valence-electron chi connectivity index (χ4n) is 4.06. The summed E-state index contributed by atoms with van der Waals surface area (Å²) in [4.78, 5) is 49.4. The first-order valence-corrected chi connectivity index (χ1v) is 11.6. The molecule has 3 rings (SSSR count). The van der Waals surface area contributed by atoms with Gasteiger partial charge in [0.25, 0.3) is 11.4 Å². The van der Waals surface area contributed by atoms with Gasteiger partial charge in [0.05, 0.1) is 5.92 Å². The Labute approximate surface area is 200 Å². The first kappa shape index (κ1) is 27.0. The Morgan fingerprint density at radius 2 is 1.89 bits per heavy atom. The zero-order chi connectivity index (χ0) is 25.9. The van der Waals surface area contributed by atoms with Gasteiger partial charge in [-0.25, -0.2) is 13.8 Å². The Balaban J connectivity index is 1.74. The normalized spacial score (nSPS) is 28.1. The van der Waals surface area contributed by atoms with E-state index in [-0.39, 0.29) is 11.8 Å². The molecule has 5 atom stereocenters. The third kappa shape index (κ3) is 5.80. The molecule has 13 heteroatoms. The van der Waals surface area contributed by atoms with Crippen LogP contribution < -0.4 is 17.0 Å². The van der Waals surface area contributed by atoms with Gasteiger partial charge in [0, 0.05) is 12.3 Å². The van der Waals surface area contributed by atoms with Crippen LogP contribution in [0, 0.1) is 11.8 Å². The van der Waals surface area contributed by atoms with Crippen molar-refractivity contribution in [3.05, 3.63) is 33.1 Å². The number of hydrogen-bond donors (Lipinski definition) is 3. The van der Waals surface area contributed by atoms with Crippen LogP contribution in [0.4, 0.5) is 4.39 Å². The number of nitrogens with two attached hydrogens (primary N) is 1. The van der Waals surface area contributed by atoms with Crippen molar-refractivity contribution in [3.63, 3.8) is 0 Å². The van der Waals surface area contributed by atoms with Crippen molar-refractivity contribution in [3.8, 4) is 0 Å². The molecule has 196 valence electrons. The highest BCUT2D eigenvalue weighted by Gasteiger charge is 2.57. The molecule has 1 saturated heterocycles. The Morgan fingerprint density at radius 3 is 2.51 bits per heavy atom. The van der Waals surface area contributed by atoms with Crippen molar-refractivity contribution in [1.29, 1.82) is 0 Å². The van der Waals surface area contributed by atoms with Crippen molar-refractivity contribution in [1.82, 2.24) is 9.13 Å². The molecule has 1 aliphatic heterocycles. The second kappa shape index (κ2) is 11.0. The lowest BCUT2D eigenvalue weighted by Crippen LogP contribution is -2.46. The van der Waals surface area contributed by atoms with Crippen molar-refractivity contribution < 1.29 is 38.4 Å². The van der Waals surface area contributed by atoms with Crippen LogP contribution in [0.1, 0.15) is 52.2 Å². The predicted molar refractivity (Wildman–Crippen MR) is 117 cm³/mol. The van der Waals surface area contributed by atoms with E-state index in [2.05, 4.69) is 0 Å². The van der Waals surface area contributed by atoms with Gasteiger partial charge in [-0.1, -0.05) is 33.1 Å². The van der Waals surface area contributed by atoms with Crippen molar-refractivity contribution >= 4 is 11.9 Å². The molecule has 2 fully saturated rings. The largest absolute Gasteiger partial charge is 0.458 e. The molecule has 1 aromatic heterocycles. The quantitative estimate of drug-likeness (QED) is 0.396. The van der Waals surface area contributed by atoms with Crippen LogP contribution in [0.5, 0.6) is 0 Å². The zero-order valence-corrected chi connectivity index (χ0v) is 19.7. The number of halogens is 1. The Bertz CT molecular complexity index is 1040. The van der Waals surface area contributed by atoms with Gasteiger partial charge in [-0.15, -0.1) is 0 Å². The number of aromatic nitrogens is 2. The standard InChI is InChI=1S/C22H32FN3O9/c1-12(2)15(24)20(31)33-10-22(23)17(29)16(28)18(35-22)25-9-8-14(27)26(21(25)32)11-34-19(30)13-6-4-3-5-7-13/h8-9,12-13,15-18,28-29H,3-7,10-11,24H2,1-2H3/t15-,16+,17-,18+,22+/m0/s1. The molecular formula is C22H32FN3O9. The minimum absolute atomic E-state index is 0.294. The summed E-state index contributed by atoms with van der Waals surface area (Å²) < 4.78 is 31.6. The van der Waals surface area contributed by atoms with E-state index in [1.54, 1.807) is 13.8 Å². The summed E-state index contributed by atoms with van der Waals surface area (Å²) in [6.45, 7) is 1.55. The van der Waals surface area contributed by atoms with E-state index in [9.17, 15) is 29.4 Å². The second-order valence-electron chi connectivity index (χ2n) is 9.31. The monoisotopic (exact) mass is 501 g/mol. The highest BCUT2D eigenvalue weighted by atomic mass is 19.2. The number of rotatable bonds is 8. The highest BCUT2D eigenvalue weighted by molar-refractivity contribution is 5.75. The zero-order valence-electron chi connectivity index (χ0n) is 19.7. The topological polar surface area (TPSA) is 172 Å². The average Bonchev–Trinajstić information content (AvgIpc) is 3.06. The van der Waals surface area contributed by atoms with Gasteiger partial charge in [-0.3, -0.25) is 19.0 Å². The van der Waals surface area contributed by atoms with Gasteiger partial charge in [0.2, 0.25) is 0 Å². The van der Waals surface area contributed by atoms with E-state index < -0.39 is 66.9 Å². The molecule has 4 N–H and O–H groups in total. The molecule has 1 aromatic rings. The molecule has 0 amide bonds. The van der Waals surface area contributed by atoms with E-state index in [4.69, 9.17) is 19.9 Å². The molecule has 1 aliphatic carbocycles. The van der Waals surface area contributed by atoms with Crippen LogP contribution in [-0.4, -0.2) is 62.0 Å². The smallest absolute Gasteiger partial charge is 0.335 e. The Morgan fingerprint density at radius 1 is 1.23 bits per heavy atom. The summed E-state index contributed by atoms with van der Waals surface area (Å²) >= 11 is 0. The molecule has 0 unspecified atom stereocenters. The van der Waals surface area contributed by atoms with Crippen LogP contribution in [-0.2, 0) is 30.5 Å². The van der Waals surface area contributed by atoms with E-state index in [1.165, 1.54) is 0 Å². The lowest BCUT2D eigenvalue weighted by molar-refractivity contribution is -0.217. The van der Waals surface area contributed by atoms with Gasteiger partial charge in [-0.05, 0) is 18.8 Å². The summed E-state index contributed by atoms with van der Waals surface area (Å²) in [6.07, 6.45) is -0.810. The molecule has 0 spiro atoms. The van der Waals surface area contributed by atoms with Gasteiger partial charge >= 0.3 is 17.6 Å². The van der Waals surface area contributed by atoms with Crippen LogP contribution in [0.15, 0.2) is 21.9 Å². The molecule has 35 heavy (non-hydrogen) atoms. The van der Waals surface area contributed by atoms with Crippen LogP contribution >= 0.6 is 0 Å². The van der Waals surface area contributed by atoms with Gasteiger partial charge < -0.3 is 30.2 Å². The number of esters is 2. The van der Waals surface area contributed by atoms with Crippen molar-refractivity contribution in [2.45, 2.75) is 83.0 Å². The number of aliphatic hydroxyl groups is 2. The van der Waals surface area contributed by atoms with E-state index >= 15 is 4.39 Å². The minimum atomic E-state index is -3.05. The maximum Gasteiger partial charge on any atom is 0.335 e. The number of ether oxygens (including phenoxy) is 3. The molecule has 0 radical (unpaired) electrons. The second-order valence-corrected chi connectivity index (χ2v) is 9.31. The molecular weight excluding hydrogens is 469 g/mol. The number of hydrogen-bond acceptors (Lipinski definition) is 10. The molecule has 0 bridgehead atoms. The number of carbonyl (C=O) groups is 2. The SMILES string of the molecule is CC(C)[C@H](N)C(=O)OC[C@@]1(F)O[C@@H](n2ccc(=O)n(COC(=O)C3CCCCC3)c2=O)[C@H](O)[C@@H]1O. The summed E-state index contributed by atoms with van der Waals surface area (Å²) in [5, 5.41) is 20.6. The van der Waals surface area contributed by atoms with Crippen LogP contribution in [0.3, 0.4) is 0 Å². The maximum absolute atomic E-state index is 15.3. The molecule has 2 heterocycles. The van der Waals surface area contributed by atoms with Gasteiger partial charge in [-0.2, -0.15) is 0 Å². The van der Waals surface area contributed by atoms with Gasteiger partial charge in [0.1, 0.15) is 18.2 Å². The summed E-state index contributed by atoms with van der Waals surface area (Å²) in [5.41, 5.74) is 3.80. The first-order chi connectivity index (χ1) is 16.5. The minimum Gasteiger partial charge on any atom is -0.458 e. The summed E-state index contributed by atoms with van der Waals surface area (Å²) in [6, 6.07) is -0.0987. The number of alkyl halides is 1. The Kier molecular flexibility index (Phi) is 8.46. The molecule has 0 aromatic carbocycles. The van der Waals surface area contributed by atoms with E-state index in [0.29, 0.717) is 22.0 Å². The lowest BCUT2D eigenvalue weighted by Gasteiger charge is -2.24. The van der Waals surface area contributed by atoms with Gasteiger partial charge in [0.15, 0.2) is 19.6 Å². The van der Waals surface area contributed by atoms with Crippen LogP contribution in [0.25, 0.3) is 0 Å². The van der Waals surface area contributed by atoms with Crippen molar-refractivity contribution in [2.24, 2.45) is 17.6 Å². The predicted octanol–water partition coefficient (Wildman–Crippen LogP) is -0.466. The molecule has 12 nitrogen and oxygen atoms in total. The number of nitrogens with zero attached hydrogens (tertiary/aromatic N) is 2. The number of aliphatic hydroxyl groups excluding tert-OH is 2. The lowest BCUT2D eigenvalue weighted by atomic mass is 9.89. The summed E-state index contributed by atoms with van der Waals surface area (Å²) in [7, 11) is 0. The van der Waals surface area contributed by atoms with E-state index in [1.807, 2.05) is 0 Å². The average molecular weight is 502 g/mol. The maximum atomic E-state index is 15.3. The first-order valence-electron chi connectivity index (χ1n) is 11.6. The Hall–Kier alpha value is -2.61. The molecule has 1 saturated carbocycles. The van der Waals surface area contributed by atoms with E-state index in [0.717, 1.165) is 31.5 Å². The summed E-state index contributed by atoms with van der Waals surface area (Å²) in [5.74, 6) is -5.11. The number of carbonyl (C=O) groups excluding carboxylic acids is 2. The third-order valence-electron chi connectivity index (χ3n) is 6.42. The third-order valence-corrected chi connectivity index (χ3v) is 6.42.